The molecule has 4 rings (SSSR count). The third-order valence-electron chi connectivity index (χ3n) is 4.76. The van der Waals surface area contributed by atoms with Gasteiger partial charge in [0.25, 0.3) is 5.91 Å². The van der Waals surface area contributed by atoms with Gasteiger partial charge in [0.2, 0.25) is 0 Å². The summed E-state index contributed by atoms with van der Waals surface area (Å²) in [6.07, 6.45) is 8.06. The van der Waals surface area contributed by atoms with Crippen molar-refractivity contribution in [3.8, 4) is 0 Å². The molecule has 0 aromatic carbocycles. The minimum absolute atomic E-state index is 0.0487. The Labute approximate surface area is 117 Å². The molecule has 2 aliphatic rings. The molecule has 2 atom stereocenters. The number of hydrogen-bond donors (Lipinski definition) is 2. The Morgan fingerprint density at radius 1 is 1.50 bits per heavy atom. The number of aromatic nitrogens is 2. The van der Waals surface area contributed by atoms with Crippen LogP contribution in [0.3, 0.4) is 0 Å². The monoisotopic (exact) mass is 270 g/mol. The van der Waals surface area contributed by atoms with E-state index in [1.807, 2.05) is 28.8 Å². The van der Waals surface area contributed by atoms with E-state index in [-0.39, 0.29) is 11.4 Å². The second-order valence-electron chi connectivity index (χ2n) is 5.87. The van der Waals surface area contributed by atoms with E-state index in [1.54, 1.807) is 6.33 Å². The van der Waals surface area contributed by atoms with Gasteiger partial charge < -0.3 is 15.0 Å². The maximum absolute atomic E-state index is 12.5. The molecule has 104 valence electrons. The van der Waals surface area contributed by atoms with E-state index in [0.717, 1.165) is 31.3 Å². The van der Waals surface area contributed by atoms with Crippen LogP contribution in [-0.4, -0.2) is 33.4 Å². The van der Waals surface area contributed by atoms with Crippen molar-refractivity contribution in [2.75, 3.05) is 6.54 Å². The summed E-state index contributed by atoms with van der Waals surface area (Å²) >= 11 is 0. The highest BCUT2D eigenvalue weighted by Crippen LogP contribution is 2.36. The SMILES string of the molecule is O=C(NC12CCCC1NCC2)c1cc2cccn2cn1. The average molecular weight is 270 g/mol. The van der Waals surface area contributed by atoms with Crippen LogP contribution in [0, 0.1) is 0 Å². The van der Waals surface area contributed by atoms with Crippen LogP contribution in [0.1, 0.15) is 36.2 Å². The summed E-state index contributed by atoms with van der Waals surface area (Å²) in [6.45, 7) is 0.996. The van der Waals surface area contributed by atoms with E-state index in [9.17, 15) is 4.79 Å². The number of nitrogens with one attached hydrogen (secondary N) is 2. The lowest BCUT2D eigenvalue weighted by Crippen LogP contribution is -2.52. The fourth-order valence-electron chi connectivity index (χ4n) is 3.70. The molecule has 2 N–H and O–H groups in total. The van der Waals surface area contributed by atoms with Crippen LogP contribution in [-0.2, 0) is 0 Å². The number of amides is 1. The van der Waals surface area contributed by atoms with Gasteiger partial charge >= 0.3 is 0 Å². The quantitative estimate of drug-likeness (QED) is 0.866. The molecule has 0 spiro atoms. The predicted molar refractivity (Wildman–Crippen MR) is 75.6 cm³/mol. The number of hydrogen-bond acceptors (Lipinski definition) is 3. The maximum Gasteiger partial charge on any atom is 0.270 e. The van der Waals surface area contributed by atoms with E-state index in [0.29, 0.717) is 11.7 Å². The first kappa shape index (κ1) is 11.9. The Balaban J connectivity index is 1.60. The van der Waals surface area contributed by atoms with Gasteiger partial charge in [-0.2, -0.15) is 0 Å². The van der Waals surface area contributed by atoms with Gasteiger partial charge in [-0.25, -0.2) is 4.98 Å². The fourth-order valence-corrected chi connectivity index (χ4v) is 3.70. The Morgan fingerprint density at radius 2 is 2.45 bits per heavy atom. The summed E-state index contributed by atoms with van der Waals surface area (Å²) in [7, 11) is 0. The van der Waals surface area contributed by atoms with E-state index in [4.69, 9.17) is 0 Å². The Kier molecular flexibility index (Phi) is 2.57. The number of fused-ring (bicyclic) bond motifs is 2. The highest BCUT2D eigenvalue weighted by Gasteiger charge is 2.47. The number of carbonyl (C=O) groups is 1. The lowest BCUT2D eigenvalue weighted by Gasteiger charge is -2.30. The van der Waals surface area contributed by atoms with Crippen LogP contribution in [0.25, 0.3) is 5.52 Å². The molecule has 1 aliphatic heterocycles. The first-order chi connectivity index (χ1) is 9.77. The first-order valence-electron chi connectivity index (χ1n) is 7.25. The molecule has 0 bridgehead atoms. The zero-order valence-corrected chi connectivity index (χ0v) is 11.3. The van der Waals surface area contributed by atoms with Crippen molar-refractivity contribution in [1.29, 1.82) is 0 Å². The lowest BCUT2D eigenvalue weighted by molar-refractivity contribution is 0.0892. The molecule has 5 nitrogen and oxygen atoms in total. The third kappa shape index (κ3) is 1.73. The normalized spacial score (nSPS) is 28.7. The van der Waals surface area contributed by atoms with Crippen molar-refractivity contribution in [2.45, 2.75) is 37.3 Å². The van der Waals surface area contributed by atoms with Crippen LogP contribution in [0.4, 0.5) is 0 Å². The molecule has 20 heavy (non-hydrogen) atoms. The zero-order chi connectivity index (χ0) is 13.6. The molecule has 3 heterocycles. The highest BCUT2D eigenvalue weighted by molar-refractivity contribution is 5.94. The number of nitrogens with zero attached hydrogens (tertiary/aromatic N) is 2. The molecule has 1 saturated heterocycles. The molecular weight excluding hydrogens is 252 g/mol. The molecule has 2 fully saturated rings. The Bertz CT molecular complexity index is 653. The van der Waals surface area contributed by atoms with Crippen molar-refractivity contribution >= 4 is 11.4 Å². The van der Waals surface area contributed by atoms with Crippen LogP contribution in [0.15, 0.2) is 30.7 Å². The minimum Gasteiger partial charge on any atom is -0.344 e. The molecule has 1 saturated carbocycles. The van der Waals surface area contributed by atoms with Gasteiger partial charge in [0.05, 0.1) is 11.9 Å². The highest BCUT2D eigenvalue weighted by atomic mass is 16.2. The first-order valence-corrected chi connectivity index (χ1v) is 7.25. The third-order valence-corrected chi connectivity index (χ3v) is 4.76. The summed E-state index contributed by atoms with van der Waals surface area (Å²) in [6, 6.07) is 6.21. The van der Waals surface area contributed by atoms with Crippen molar-refractivity contribution in [3.63, 3.8) is 0 Å². The van der Waals surface area contributed by atoms with Crippen molar-refractivity contribution in [3.05, 3.63) is 36.4 Å². The van der Waals surface area contributed by atoms with Crippen molar-refractivity contribution < 1.29 is 4.79 Å². The molecule has 1 aliphatic carbocycles. The minimum atomic E-state index is -0.0516. The van der Waals surface area contributed by atoms with Crippen LogP contribution < -0.4 is 10.6 Å². The summed E-state index contributed by atoms with van der Waals surface area (Å²) in [5.41, 5.74) is 1.45. The van der Waals surface area contributed by atoms with E-state index in [1.165, 1.54) is 6.42 Å². The fraction of sp³-hybridized carbons (Fsp3) is 0.467. The predicted octanol–water partition coefficient (Wildman–Crippen LogP) is 1.35. The Morgan fingerprint density at radius 3 is 3.40 bits per heavy atom. The standard InChI is InChI=1S/C15H18N4O/c20-14(12-9-11-3-2-8-19(11)10-17-12)18-15-5-1-4-13(15)16-7-6-15/h2-3,8-10,13,16H,1,4-7H2,(H,18,20). The van der Waals surface area contributed by atoms with E-state index >= 15 is 0 Å². The zero-order valence-electron chi connectivity index (χ0n) is 11.3. The molecule has 5 heteroatoms. The van der Waals surface area contributed by atoms with Crippen molar-refractivity contribution in [2.24, 2.45) is 0 Å². The van der Waals surface area contributed by atoms with Crippen LogP contribution in [0.5, 0.6) is 0 Å². The van der Waals surface area contributed by atoms with Crippen LogP contribution in [0.2, 0.25) is 0 Å². The second-order valence-corrected chi connectivity index (χ2v) is 5.87. The van der Waals surface area contributed by atoms with E-state index < -0.39 is 0 Å². The Hall–Kier alpha value is -1.88. The summed E-state index contributed by atoms with van der Waals surface area (Å²) in [5, 5.41) is 6.76. The van der Waals surface area contributed by atoms with E-state index in [2.05, 4.69) is 15.6 Å². The van der Waals surface area contributed by atoms with Crippen molar-refractivity contribution in [1.82, 2.24) is 20.0 Å². The van der Waals surface area contributed by atoms with Crippen LogP contribution >= 0.6 is 0 Å². The topological polar surface area (TPSA) is 58.4 Å². The molecule has 2 aromatic heterocycles. The van der Waals surface area contributed by atoms with Gasteiger partial charge in [-0.05, 0) is 50.4 Å². The molecule has 0 radical (unpaired) electrons. The second kappa shape index (κ2) is 4.31. The van der Waals surface area contributed by atoms with Gasteiger partial charge in [0.15, 0.2) is 0 Å². The smallest absolute Gasteiger partial charge is 0.270 e. The lowest BCUT2D eigenvalue weighted by atomic mass is 9.93. The van der Waals surface area contributed by atoms with Gasteiger partial charge in [-0.3, -0.25) is 4.79 Å². The van der Waals surface area contributed by atoms with Gasteiger partial charge in [0.1, 0.15) is 5.69 Å². The molecule has 2 aromatic rings. The summed E-state index contributed by atoms with van der Waals surface area (Å²) in [4.78, 5) is 16.8. The number of carbonyl (C=O) groups excluding carboxylic acids is 1. The molecule has 1 amide bonds. The number of rotatable bonds is 2. The summed E-state index contributed by atoms with van der Waals surface area (Å²) < 4.78 is 1.91. The maximum atomic E-state index is 12.5. The van der Waals surface area contributed by atoms with Gasteiger partial charge in [0, 0.05) is 17.8 Å². The molecular formula is C15H18N4O. The average Bonchev–Trinajstić information content (AvgIpc) is 3.10. The largest absolute Gasteiger partial charge is 0.344 e. The van der Waals surface area contributed by atoms with Gasteiger partial charge in [-0.1, -0.05) is 0 Å². The summed E-state index contributed by atoms with van der Waals surface area (Å²) in [5.74, 6) is -0.0516. The molecule has 2 unspecified atom stereocenters. The van der Waals surface area contributed by atoms with Gasteiger partial charge in [-0.15, -0.1) is 0 Å².